The van der Waals surface area contributed by atoms with Crippen molar-refractivity contribution >= 4 is 34.8 Å². The van der Waals surface area contributed by atoms with Gasteiger partial charge in [0.1, 0.15) is 5.82 Å². The van der Waals surface area contributed by atoms with E-state index in [4.69, 9.17) is 10.8 Å². The number of halogens is 1. The van der Waals surface area contributed by atoms with E-state index < -0.39 is 11.8 Å². The van der Waals surface area contributed by atoms with Crippen LogP contribution in [0, 0.1) is 5.82 Å². The molecule has 1 aromatic heterocycles. The third-order valence-corrected chi connectivity index (χ3v) is 4.17. The number of rotatable bonds is 3. The molecule has 0 spiro atoms. The second-order valence-electron chi connectivity index (χ2n) is 3.17. The maximum absolute atomic E-state index is 13.2. The van der Waals surface area contributed by atoms with Crippen LogP contribution in [0.4, 0.5) is 10.1 Å². The number of nitrogens with two attached hydrogens (primary N) is 1. The van der Waals surface area contributed by atoms with Crippen LogP contribution in [0.1, 0.15) is 10.4 Å². The maximum Gasteiger partial charge on any atom is 0.339 e. The van der Waals surface area contributed by atoms with Gasteiger partial charge in [0.25, 0.3) is 0 Å². The second-order valence-corrected chi connectivity index (χ2v) is 5.46. The van der Waals surface area contributed by atoms with Gasteiger partial charge in [-0.3, -0.25) is 0 Å². The zero-order valence-corrected chi connectivity index (χ0v) is 10.1. The molecule has 17 heavy (non-hydrogen) atoms. The SMILES string of the molecule is Nc1c(F)ccc(Sc2cccs2)c1C(=O)O. The van der Waals surface area contributed by atoms with Crippen LogP contribution >= 0.6 is 23.1 Å². The van der Waals surface area contributed by atoms with Gasteiger partial charge in [0, 0.05) is 4.90 Å². The third kappa shape index (κ3) is 2.42. The molecule has 2 aromatic rings. The van der Waals surface area contributed by atoms with E-state index in [9.17, 15) is 9.18 Å². The molecule has 0 aliphatic carbocycles. The first kappa shape index (κ1) is 11.9. The van der Waals surface area contributed by atoms with Gasteiger partial charge in [-0.05, 0) is 23.6 Å². The lowest BCUT2D eigenvalue weighted by molar-refractivity contribution is 0.0694. The molecule has 3 N–H and O–H groups in total. The van der Waals surface area contributed by atoms with Crippen molar-refractivity contribution in [2.75, 3.05) is 5.73 Å². The highest BCUT2D eigenvalue weighted by atomic mass is 32.2. The number of hydrogen-bond acceptors (Lipinski definition) is 4. The summed E-state index contributed by atoms with van der Waals surface area (Å²) in [7, 11) is 0. The van der Waals surface area contributed by atoms with Crippen molar-refractivity contribution in [2.45, 2.75) is 9.10 Å². The lowest BCUT2D eigenvalue weighted by Gasteiger charge is -2.07. The minimum absolute atomic E-state index is 0.177. The summed E-state index contributed by atoms with van der Waals surface area (Å²) in [6.45, 7) is 0. The molecule has 0 aliphatic rings. The highest BCUT2D eigenvalue weighted by Crippen LogP contribution is 2.36. The van der Waals surface area contributed by atoms with Crippen LogP contribution in [0.5, 0.6) is 0 Å². The predicted octanol–water partition coefficient (Wildman–Crippen LogP) is 3.32. The molecule has 0 saturated carbocycles. The number of carboxylic acids is 1. The van der Waals surface area contributed by atoms with E-state index in [2.05, 4.69) is 0 Å². The quantitative estimate of drug-likeness (QED) is 0.839. The number of nitrogen functional groups attached to an aromatic ring is 1. The molecule has 3 nitrogen and oxygen atoms in total. The van der Waals surface area contributed by atoms with Crippen molar-refractivity contribution in [2.24, 2.45) is 0 Å². The van der Waals surface area contributed by atoms with Crippen LogP contribution in [0.2, 0.25) is 0 Å². The summed E-state index contributed by atoms with van der Waals surface area (Å²) in [6.07, 6.45) is 0. The molecule has 0 saturated heterocycles. The molecular weight excluding hydrogens is 261 g/mol. The Bertz CT molecular complexity index is 555. The molecule has 0 radical (unpaired) electrons. The molecule has 0 atom stereocenters. The number of benzene rings is 1. The van der Waals surface area contributed by atoms with Crippen LogP contribution in [0.15, 0.2) is 38.8 Å². The summed E-state index contributed by atoms with van der Waals surface area (Å²) in [4.78, 5) is 11.5. The van der Waals surface area contributed by atoms with E-state index in [1.807, 2.05) is 17.5 Å². The molecule has 0 amide bonds. The molecule has 1 aromatic carbocycles. The summed E-state index contributed by atoms with van der Waals surface area (Å²) >= 11 is 2.75. The largest absolute Gasteiger partial charge is 0.478 e. The van der Waals surface area contributed by atoms with E-state index in [0.717, 1.165) is 4.21 Å². The lowest BCUT2D eigenvalue weighted by Crippen LogP contribution is -2.06. The van der Waals surface area contributed by atoms with Gasteiger partial charge in [-0.1, -0.05) is 17.8 Å². The van der Waals surface area contributed by atoms with Crippen molar-refractivity contribution in [3.63, 3.8) is 0 Å². The zero-order chi connectivity index (χ0) is 12.4. The van der Waals surface area contributed by atoms with Crippen LogP contribution in [0.3, 0.4) is 0 Å². The summed E-state index contributed by atoms with van der Waals surface area (Å²) in [5.41, 5.74) is 4.95. The van der Waals surface area contributed by atoms with E-state index in [1.165, 1.54) is 35.2 Å². The molecule has 2 rings (SSSR count). The average molecular weight is 269 g/mol. The highest BCUT2D eigenvalue weighted by molar-refractivity contribution is 8.01. The van der Waals surface area contributed by atoms with Crippen molar-refractivity contribution < 1.29 is 14.3 Å². The fraction of sp³-hybridized carbons (Fsp3) is 0. The Morgan fingerprint density at radius 3 is 2.76 bits per heavy atom. The lowest BCUT2D eigenvalue weighted by atomic mass is 10.2. The molecule has 6 heteroatoms. The number of aromatic carboxylic acids is 1. The van der Waals surface area contributed by atoms with E-state index >= 15 is 0 Å². The number of thiophene rings is 1. The van der Waals surface area contributed by atoms with Gasteiger partial charge < -0.3 is 10.8 Å². The minimum atomic E-state index is -1.22. The molecular formula is C11H8FNO2S2. The smallest absolute Gasteiger partial charge is 0.339 e. The Balaban J connectivity index is 2.47. The Kier molecular flexibility index (Phi) is 3.35. The zero-order valence-electron chi connectivity index (χ0n) is 8.51. The van der Waals surface area contributed by atoms with Gasteiger partial charge in [0.2, 0.25) is 0 Å². The minimum Gasteiger partial charge on any atom is -0.478 e. The Hall–Kier alpha value is -1.53. The van der Waals surface area contributed by atoms with Gasteiger partial charge >= 0.3 is 5.97 Å². The van der Waals surface area contributed by atoms with Crippen molar-refractivity contribution in [1.82, 2.24) is 0 Å². The van der Waals surface area contributed by atoms with Crippen LogP contribution in [0.25, 0.3) is 0 Å². The molecule has 0 fully saturated rings. The normalized spacial score (nSPS) is 10.4. The van der Waals surface area contributed by atoms with Gasteiger partial charge in [-0.2, -0.15) is 0 Å². The fourth-order valence-corrected chi connectivity index (χ4v) is 3.19. The highest BCUT2D eigenvalue weighted by Gasteiger charge is 2.18. The van der Waals surface area contributed by atoms with E-state index in [0.29, 0.717) is 4.90 Å². The third-order valence-electron chi connectivity index (χ3n) is 2.07. The topological polar surface area (TPSA) is 63.3 Å². The van der Waals surface area contributed by atoms with Crippen molar-refractivity contribution in [3.05, 3.63) is 41.0 Å². The van der Waals surface area contributed by atoms with Gasteiger partial charge in [-0.25, -0.2) is 9.18 Å². The van der Waals surface area contributed by atoms with Crippen LogP contribution in [-0.2, 0) is 0 Å². The average Bonchev–Trinajstić information content (AvgIpc) is 2.76. The summed E-state index contributed by atoms with van der Waals surface area (Å²) < 4.78 is 14.1. The predicted molar refractivity (Wildman–Crippen MR) is 66.2 cm³/mol. The molecule has 0 aliphatic heterocycles. The number of carboxylic acid groups (broad SMARTS) is 1. The number of anilines is 1. The van der Waals surface area contributed by atoms with E-state index in [-0.39, 0.29) is 11.3 Å². The number of carbonyl (C=O) groups is 1. The standard InChI is InChI=1S/C11H8FNO2S2/c12-6-3-4-7(9(10(6)13)11(14)15)17-8-2-1-5-16-8/h1-5H,13H2,(H,14,15). The van der Waals surface area contributed by atoms with Crippen molar-refractivity contribution in [1.29, 1.82) is 0 Å². The first-order valence-electron chi connectivity index (χ1n) is 4.62. The summed E-state index contributed by atoms with van der Waals surface area (Å²) in [5, 5.41) is 10.9. The molecule has 1 heterocycles. The Morgan fingerprint density at radius 1 is 1.41 bits per heavy atom. The second kappa shape index (κ2) is 4.77. The van der Waals surface area contributed by atoms with Gasteiger partial charge in [-0.15, -0.1) is 11.3 Å². The number of hydrogen-bond donors (Lipinski definition) is 2. The molecule has 88 valence electrons. The monoisotopic (exact) mass is 269 g/mol. The Morgan fingerprint density at radius 2 is 2.18 bits per heavy atom. The first-order valence-corrected chi connectivity index (χ1v) is 6.32. The molecule has 0 unspecified atom stereocenters. The summed E-state index contributed by atoms with van der Waals surface area (Å²) in [6, 6.07) is 6.33. The van der Waals surface area contributed by atoms with Crippen LogP contribution in [-0.4, -0.2) is 11.1 Å². The molecule has 0 bridgehead atoms. The Labute approximate surface area is 105 Å². The fourth-order valence-electron chi connectivity index (χ4n) is 1.31. The van der Waals surface area contributed by atoms with Gasteiger partial charge in [0.05, 0.1) is 15.5 Å². The van der Waals surface area contributed by atoms with Crippen molar-refractivity contribution in [3.8, 4) is 0 Å². The first-order chi connectivity index (χ1) is 8.09. The van der Waals surface area contributed by atoms with Gasteiger partial charge in [0.15, 0.2) is 0 Å². The maximum atomic E-state index is 13.2. The van der Waals surface area contributed by atoms with E-state index in [1.54, 1.807) is 0 Å². The van der Waals surface area contributed by atoms with Crippen LogP contribution < -0.4 is 5.73 Å². The summed E-state index contributed by atoms with van der Waals surface area (Å²) in [5.74, 6) is -1.93.